The molecular formula is C18H16Cl2O2. The lowest BCUT2D eigenvalue weighted by molar-refractivity contribution is 0.0906. The molecule has 2 unspecified atom stereocenters. The van der Waals surface area contributed by atoms with Crippen LogP contribution in [0.5, 0.6) is 5.75 Å². The molecule has 0 heterocycles. The lowest BCUT2D eigenvalue weighted by Crippen LogP contribution is -2.19. The third kappa shape index (κ3) is 2.13. The molecule has 1 saturated carbocycles. The summed E-state index contributed by atoms with van der Waals surface area (Å²) in [4.78, 5) is 12.9. The van der Waals surface area contributed by atoms with Crippen molar-refractivity contribution >= 4 is 29.0 Å². The van der Waals surface area contributed by atoms with Gasteiger partial charge in [0.05, 0.1) is 12.5 Å². The fourth-order valence-electron chi connectivity index (χ4n) is 3.04. The van der Waals surface area contributed by atoms with Crippen LogP contribution in [0.2, 0.25) is 0 Å². The summed E-state index contributed by atoms with van der Waals surface area (Å²) in [5.41, 5.74) is 0.746. The molecule has 0 radical (unpaired) electrons. The van der Waals surface area contributed by atoms with E-state index in [1.807, 2.05) is 37.3 Å². The van der Waals surface area contributed by atoms with Crippen LogP contribution in [0.3, 0.4) is 0 Å². The van der Waals surface area contributed by atoms with Gasteiger partial charge in [0.25, 0.3) is 0 Å². The van der Waals surface area contributed by atoms with Gasteiger partial charge in [0, 0.05) is 11.5 Å². The lowest BCUT2D eigenvalue weighted by atomic mass is 9.92. The van der Waals surface area contributed by atoms with Crippen molar-refractivity contribution in [3.05, 3.63) is 65.7 Å². The Morgan fingerprint density at radius 1 is 1.05 bits per heavy atom. The number of Topliss-reactive ketones (excluding diaryl/α,β-unsaturated/α-hetero) is 1. The second-order valence-corrected chi connectivity index (χ2v) is 7.11. The molecule has 4 heteroatoms. The van der Waals surface area contributed by atoms with Crippen molar-refractivity contribution < 1.29 is 9.53 Å². The SMILES string of the molecule is COc1ccc(C(=O)C2(C)C(c3ccccc3)C2(Cl)Cl)cc1. The van der Waals surface area contributed by atoms with E-state index >= 15 is 0 Å². The molecule has 1 aliphatic carbocycles. The van der Waals surface area contributed by atoms with Crippen LogP contribution in [0.15, 0.2) is 54.6 Å². The fourth-order valence-corrected chi connectivity index (χ4v) is 4.01. The quantitative estimate of drug-likeness (QED) is 0.589. The fraction of sp³-hybridized carbons (Fsp3) is 0.278. The summed E-state index contributed by atoms with van der Waals surface area (Å²) in [5, 5.41) is 0. The Bertz CT molecular complexity index is 695. The maximum Gasteiger partial charge on any atom is 0.172 e. The summed E-state index contributed by atoms with van der Waals surface area (Å²) in [6, 6.07) is 16.7. The van der Waals surface area contributed by atoms with Crippen molar-refractivity contribution in [2.75, 3.05) is 7.11 Å². The van der Waals surface area contributed by atoms with Gasteiger partial charge in [0.1, 0.15) is 10.1 Å². The highest BCUT2D eigenvalue weighted by atomic mass is 35.5. The van der Waals surface area contributed by atoms with E-state index in [9.17, 15) is 4.79 Å². The van der Waals surface area contributed by atoms with Gasteiger partial charge in [0.2, 0.25) is 0 Å². The average Bonchev–Trinajstić information content (AvgIpc) is 3.01. The molecule has 0 spiro atoms. The summed E-state index contributed by atoms with van der Waals surface area (Å²) in [7, 11) is 1.59. The van der Waals surface area contributed by atoms with Crippen LogP contribution in [0, 0.1) is 5.41 Å². The Kier molecular flexibility index (Phi) is 3.70. The van der Waals surface area contributed by atoms with Crippen molar-refractivity contribution in [1.29, 1.82) is 0 Å². The van der Waals surface area contributed by atoms with Crippen molar-refractivity contribution in [3.63, 3.8) is 0 Å². The van der Waals surface area contributed by atoms with Crippen molar-refractivity contribution in [3.8, 4) is 5.75 Å². The molecule has 0 aliphatic heterocycles. The predicted octanol–water partition coefficient (Wildman–Crippen LogP) is 4.86. The van der Waals surface area contributed by atoms with E-state index < -0.39 is 9.75 Å². The van der Waals surface area contributed by atoms with E-state index in [0.717, 1.165) is 5.56 Å². The number of ether oxygens (including phenoxy) is 1. The van der Waals surface area contributed by atoms with Crippen LogP contribution in [0.4, 0.5) is 0 Å². The van der Waals surface area contributed by atoms with Crippen molar-refractivity contribution in [2.24, 2.45) is 5.41 Å². The molecule has 0 aromatic heterocycles. The van der Waals surface area contributed by atoms with Gasteiger partial charge in [-0.1, -0.05) is 53.5 Å². The second-order valence-electron chi connectivity index (χ2n) is 5.73. The van der Waals surface area contributed by atoms with Gasteiger partial charge in [0.15, 0.2) is 5.78 Å². The first-order valence-corrected chi connectivity index (χ1v) is 7.80. The molecule has 2 aromatic carbocycles. The van der Waals surface area contributed by atoms with Gasteiger partial charge < -0.3 is 4.74 Å². The van der Waals surface area contributed by atoms with E-state index in [1.54, 1.807) is 31.4 Å². The third-order valence-electron chi connectivity index (χ3n) is 4.51. The number of carbonyl (C=O) groups is 1. The first kappa shape index (κ1) is 15.4. The maximum atomic E-state index is 12.9. The van der Waals surface area contributed by atoms with Gasteiger partial charge in [-0.15, -0.1) is 0 Å². The highest BCUT2D eigenvalue weighted by Crippen LogP contribution is 2.74. The Hall–Kier alpha value is -1.51. The number of ketones is 1. The molecule has 2 aromatic rings. The number of hydrogen-bond acceptors (Lipinski definition) is 2. The summed E-state index contributed by atoms with van der Waals surface area (Å²) in [5.74, 6) is 0.452. The Morgan fingerprint density at radius 3 is 2.18 bits per heavy atom. The van der Waals surface area contributed by atoms with Gasteiger partial charge >= 0.3 is 0 Å². The van der Waals surface area contributed by atoms with Crippen molar-refractivity contribution in [1.82, 2.24) is 0 Å². The number of methoxy groups -OCH3 is 1. The molecule has 22 heavy (non-hydrogen) atoms. The predicted molar refractivity (Wildman–Crippen MR) is 89.1 cm³/mol. The van der Waals surface area contributed by atoms with Crippen molar-refractivity contribution in [2.45, 2.75) is 17.2 Å². The van der Waals surface area contributed by atoms with E-state index in [1.165, 1.54) is 0 Å². The normalized spacial score (nSPS) is 25.5. The van der Waals surface area contributed by atoms with E-state index in [-0.39, 0.29) is 11.7 Å². The van der Waals surface area contributed by atoms with Crippen LogP contribution < -0.4 is 4.74 Å². The Labute approximate surface area is 140 Å². The first-order valence-electron chi connectivity index (χ1n) is 7.04. The third-order valence-corrected chi connectivity index (χ3v) is 5.73. The van der Waals surface area contributed by atoms with Gasteiger partial charge in [-0.25, -0.2) is 0 Å². The van der Waals surface area contributed by atoms with Crippen LogP contribution >= 0.6 is 23.2 Å². The van der Waals surface area contributed by atoms with Gasteiger partial charge in [-0.3, -0.25) is 4.79 Å². The Balaban J connectivity index is 1.94. The first-order chi connectivity index (χ1) is 10.4. The Morgan fingerprint density at radius 2 is 1.64 bits per heavy atom. The number of benzene rings is 2. The summed E-state index contributed by atoms with van der Waals surface area (Å²) in [6.07, 6.45) is 0. The topological polar surface area (TPSA) is 26.3 Å². The average molecular weight is 335 g/mol. The summed E-state index contributed by atoms with van der Waals surface area (Å²) < 4.78 is 4.03. The summed E-state index contributed by atoms with van der Waals surface area (Å²) in [6.45, 7) is 1.83. The minimum Gasteiger partial charge on any atom is -0.497 e. The number of carbonyl (C=O) groups excluding carboxylic acids is 1. The molecule has 3 rings (SSSR count). The molecule has 114 valence electrons. The molecule has 2 atom stereocenters. The zero-order chi connectivity index (χ0) is 16.0. The molecule has 1 fully saturated rings. The van der Waals surface area contributed by atoms with Gasteiger partial charge in [-0.05, 0) is 36.8 Å². The van der Waals surface area contributed by atoms with Crippen LogP contribution in [-0.2, 0) is 0 Å². The minimum atomic E-state index is -1.09. The van der Waals surface area contributed by atoms with Crippen LogP contribution in [-0.4, -0.2) is 17.2 Å². The van der Waals surface area contributed by atoms with Gasteiger partial charge in [-0.2, -0.15) is 0 Å². The molecule has 0 bridgehead atoms. The molecule has 2 nitrogen and oxygen atoms in total. The number of rotatable bonds is 4. The maximum absolute atomic E-state index is 12.9. The highest BCUT2D eigenvalue weighted by molar-refractivity contribution is 6.54. The van der Waals surface area contributed by atoms with E-state index in [2.05, 4.69) is 0 Å². The number of alkyl halides is 2. The second kappa shape index (κ2) is 5.29. The number of hydrogen-bond donors (Lipinski definition) is 0. The largest absolute Gasteiger partial charge is 0.497 e. The minimum absolute atomic E-state index is 0.0472. The van der Waals surface area contributed by atoms with Crippen LogP contribution in [0.1, 0.15) is 28.8 Å². The molecule has 1 aliphatic rings. The zero-order valence-electron chi connectivity index (χ0n) is 12.3. The smallest absolute Gasteiger partial charge is 0.172 e. The van der Waals surface area contributed by atoms with E-state index in [4.69, 9.17) is 27.9 Å². The monoisotopic (exact) mass is 334 g/mol. The molecule has 0 N–H and O–H groups in total. The standard InChI is InChI=1S/C18H16Cl2O2/c1-17(16(21)13-8-10-14(22-2)11-9-13)15(18(17,19)20)12-6-4-3-5-7-12/h3-11,15H,1-2H3. The molecular weight excluding hydrogens is 319 g/mol. The highest BCUT2D eigenvalue weighted by Gasteiger charge is 2.77. The summed E-state index contributed by atoms with van der Waals surface area (Å²) >= 11 is 12.9. The molecule has 0 saturated heterocycles. The number of halogens is 2. The van der Waals surface area contributed by atoms with Crippen LogP contribution in [0.25, 0.3) is 0 Å². The lowest BCUT2D eigenvalue weighted by Gasteiger charge is -2.11. The molecule has 0 amide bonds. The zero-order valence-corrected chi connectivity index (χ0v) is 13.9. The van der Waals surface area contributed by atoms with E-state index in [0.29, 0.717) is 11.3 Å².